The number of halogens is 1. The minimum absolute atomic E-state index is 0.820. The molecule has 1 aliphatic heterocycles. The summed E-state index contributed by atoms with van der Waals surface area (Å²) in [6.07, 6.45) is 5.60. The summed E-state index contributed by atoms with van der Waals surface area (Å²) in [5, 5.41) is 0. The maximum atomic E-state index is 3.50. The lowest BCUT2D eigenvalue weighted by Gasteiger charge is -2.39. The van der Waals surface area contributed by atoms with Gasteiger partial charge in [-0.15, -0.1) is 0 Å². The minimum atomic E-state index is 0.820. The molecule has 2 fully saturated rings. The van der Waals surface area contributed by atoms with Crippen molar-refractivity contribution in [3.05, 3.63) is 34.3 Å². The van der Waals surface area contributed by atoms with E-state index in [2.05, 4.69) is 52.0 Å². The number of likely N-dealkylation sites (tertiary alicyclic amines) is 1. The molecule has 1 aromatic carbocycles. The molecule has 1 heterocycles. The predicted molar refractivity (Wildman–Crippen MR) is 79.9 cm³/mol. The molecule has 1 nitrogen and oxygen atoms in total. The third-order valence-corrected chi connectivity index (χ3v) is 5.29. The molecule has 1 saturated heterocycles. The van der Waals surface area contributed by atoms with E-state index in [0.29, 0.717) is 0 Å². The van der Waals surface area contributed by atoms with Crippen LogP contribution in [0.3, 0.4) is 0 Å². The highest BCUT2D eigenvalue weighted by molar-refractivity contribution is 9.10. The third-order valence-electron chi connectivity index (χ3n) is 4.76. The van der Waals surface area contributed by atoms with Crippen molar-refractivity contribution in [3.63, 3.8) is 0 Å². The molecule has 18 heavy (non-hydrogen) atoms. The molecule has 0 spiro atoms. The number of nitrogens with zero attached hydrogens (tertiary/aromatic N) is 1. The fourth-order valence-corrected chi connectivity index (χ4v) is 3.75. The second kappa shape index (κ2) is 5.34. The van der Waals surface area contributed by atoms with Crippen LogP contribution in [-0.4, -0.2) is 24.0 Å². The summed E-state index contributed by atoms with van der Waals surface area (Å²) in [5.41, 5.74) is 1.53. The van der Waals surface area contributed by atoms with Gasteiger partial charge in [-0.05, 0) is 68.7 Å². The summed E-state index contributed by atoms with van der Waals surface area (Å²) in [4.78, 5) is 2.70. The van der Waals surface area contributed by atoms with Crippen molar-refractivity contribution in [1.29, 1.82) is 0 Å². The quantitative estimate of drug-likeness (QED) is 0.798. The van der Waals surface area contributed by atoms with Crippen LogP contribution < -0.4 is 0 Å². The van der Waals surface area contributed by atoms with Crippen LogP contribution in [0.5, 0.6) is 0 Å². The average molecular weight is 308 g/mol. The van der Waals surface area contributed by atoms with Crippen LogP contribution in [-0.2, 0) is 0 Å². The third kappa shape index (κ3) is 2.65. The Bertz CT molecular complexity index is 394. The standard InChI is InChI=1S/C16H22BrN/c1-12-3-2-8-18(12)11-13-9-15(10-13)14-4-6-16(17)7-5-14/h4-7,12-13,15H,2-3,8-11H2,1H3/t12-,13?,15?/m1/s1. The lowest BCUT2D eigenvalue weighted by Crippen LogP contribution is -2.37. The lowest BCUT2D eigenvalue weighted by molar-refractivity contribution is 0.154. The van der Waals surface area contributed by atoms with E-state index in [1.54, 1.807) is 0 Å². The summed E-state index contributed by atoms with van der Waals surface area (Å²) in [6.45, 7) is 5.06. The molecule has 98 valence electrons. The van der Waals surface area contributed by atoms with Crippen molar-refractivity contribution in [1.82, 2.24) is 4.90 Å². The molecular weight excluding hydrogens is 286 g/mol. The molecule has 3 rings (SSSR count). The largest absolute Gasteiger partial charge is 0.300 e. The zero-order valence-electron chi connectivity index (χ0n) is 11.1. The first-order valence-electron chi connectivity index (χ1n) is 7.22. The molecule has 1 aromatic rings. The SMILES string of the molecule is C[C@@H]1CCCN1CC1CC(c2ccc(Br)cc2)C1. The van der Waals surface area contributed by atoms with E-state index in [-0.39, 0.29) is 0 Å². The van der Waals surface area contributed by atoms with Crippen molar-refractivity contribution in [2.45, 2.75) is 44.6 Å². The van der Waals surface area contributed by atoms with E-state index in [4.69, 9.17) is 0 Å². The summed E-state index contributed by atoms with van der Waals surface area (Å²) >= 11 is 3.50. The molecule has 0 radical (unpaired) electrons. The summed E-state index contributed by atoms with van der Waals surface area (Å²) in [5.74, 6) is 1.76. The number of rotatable bonds is 3. The van der Waals surface area contributed by atoms with Gasteiger partial charge in [0.1, 0.15) is 0 Å². The monoisotopic (exact) mass is 307 g/mol. The first-order valence-corrected chi connectivity index (χ1v) is 8.01. The fraction of sp³-hybridized carbons (Fsp3) is 0.625. The van der Waals surface area contributed by atoms with Gasteiger partial charge < -0.3 is 4.90 Å². The predicted octanol–water partition coefficient (Wildman–Crippen LogP) is 4.43. The number of hydrogen-bond donors (Lipinski definition) is 0. The molecule has 1 aliphatic carbocycles. The normalized spacial score (nSPS) is 32.4. The zero-order valence-corrected chi connectivity index (χ0v) is 12.7. The summed E-state index contributed by atoms with van der Waals surface area (Å²) < 4.78 is 1.19. The zero-order chi connectivity index (χ0) is 12.5. The minimum Gasteiger partial charge on any atom is -0.300 e. The lowest BCUT2D eigenvalue weighted by atomic mass is 9.71. The van der Waals surface area contributed by atoms with Crippen molar-refractivity contribution >= 4 is 15.9 Å². The van der Waals surface area contributed by atoms with Gasteiger partial charge in [0, 0.05) is 17.1 Å². The van der Waals surface area contributed by atoms with Gasteiger partial charge in [0.15, 0.2) is 0 Å². The summed E-state index contributed by atoms with van der Waals surface area (Å²) in [7, 11) is 0. The number of hydrogen-bond acceptors (Lipinski definition) is 1. The first kappa shape index (κ1) is 12.7. The van der Waals surface area contributed by atoms with Crippen LogP contribution in [0.15, 0.2) is 28.7 Å². The van der Waals surface area contributed by atoms with E-state index in [1.807, 2.05) is 0 Å². The van der Waals surface area contributed by atoms with Gasteiger partial charge in [0.2, 0.25) is 0 Å². The summed E-state index contributed by atoms with van der Waals surface area (Å²) in [6, 6.07) is 9.74. The average Bonchev–Trinajstić information content (AvgIpc) is 2.71. The van der Waals surface area contributed by atoms with Crippen LogP contribution in [0.2, 0.25) is 0 Å². The smallest absolute Gasteiger partial charge is 0.0175 e. The van der Waals surface area contributed by atoms with Gasteiger partial charge in [0.25, 0.3) is 0 Å². The van der Waals surface area contributed by atoms with Crippen LogP contribution in [0, 0.1) is 5.92 Å². The van der Waals surface area contributed by atoms with Gasteiger partial charge in [-0.1, -0.05) is 28.1 Å². The Morgan fingerprint density at radius 3 is 2.56 bits per heavy atom. The van der Waals surface area contributed by atoms with Crippen LogP contribution in [0.1, 0.15) is 44.1 Å². The second-order valence-electron chi connectivity index (χ2n) is 6.07. The Morgan fingerprint density at radius 2 is 1.94 bits per heavy atom. The van der Waals surface area contributed by atoms with Crippen LogP contribution in [0.25, 0.3) is 0 Å². The maximum Gasteiger partial charge on any atom is 0.0175 e. The molecule has 0 bridgehead atoms. The molecule has 1 atom stereocenters. The molecule has 0 aromatic heterocycles. The molecular formula is C16H22BrN. The Balaban J connectivity index is 1.49. The second-order valence-corrected chi connectivity index (χ2v) is 6.99. The molecule has 0 N–H and O–H groups in total. The fourth-order valence-electron chi connectivity index (χ4n) is 3.49. The van der Waals surface area contributed by atoms with Crippen molar-refractivity contribution in [3.8, 4) is 0 Å². The highest BCUT2D eigenvalue weighted by atomic mass is 79.9. The Labute approximate surface area is 119 Å². The molecule has 0 unspecified atom stereocenters. The Kier molecular flexibility index (Phi) is 3.76. The molecule has 0 amide bonds. The highest BCUT2D eigenvalue weighted by Gasteiger charge is 2.33. The first-order chi connectivity index (χ1) is 8.72. The van der Waals surface area contributed by atoms with Crippen molar-refractivity contribution in [2.75, 3.05) is 13.1 Å². The molecule has 2 aliphatic rings. The number of benzene rings is 1. The Hall–Kier alpha value is -0.340. The van der Waals surface area contributed by atoms with E-state index >= 15 is 0 Å². The maximum absolute atomic E-state index is 3.50. The highest BCUT2D eigenvalue weighted by Crippen LogP contribution is 2.42. The topological polar surface area (TPSA) is 3.24 Å². The Morgan fingerprint density at radius 1 is 1.22 bits per heavy atom. The van der Waals surface area contributed by atoms with Crippen molar-refractivity contribution in [2.24, 2.45) is 5.92 Å². The van der Waals surface area contributed by atoms with Crippen LogP contribution >= 0.6 is 15.9 Å². The van der Waals surface area contributed by atoms with Crippen LogP contribution in [0.4, 0.5) is 0 Å². The van der Waals surface area contributed by atoms with Gasteiger partial charge in [-0.2, -0.15) is 0 Å². The van der Waals surface area contributed by atoms with Gasteiger partial charge >= 0.3 is 0 Å². The van der Waals surface area contributed by atoms with E-state index in [1.165, 1.54) is 48.8 Å². The van der Waals surface area contributed by atoms with Gasteiger partial charge in [-0.3, -0.25) is 0 Å². The molecule has 2 heteroatoms. The van der Waals surface area contributed by atoms with Gasteiger partial charge in [-0.25, -0.2) is 0 Å². The molecule has 1 saturated carbocycles. The van der Waals surface area contributed by atoms with Gasteiger partial charge in [0.05, 0.1) is 0 Å². The van der Waals surface area contributed by atoms with E-state index in [9.17, 15) is 0 Å². The van der Waals surface area contributed by atoms with Crippen molar-refractivity contribution < 1.29 is 0 Å². The van der Waals surface area contributed by atoms with E-state index in [0.717, 1.165) is 17.9 Å². The van der Waals surface area contributed by atoms with E-state index < -0.39 is 0 Å².